The van der Waals surface area contributed by atoms with Crippen molar-refractivity contribution in [2.75, 3.05) is 18.4 Å². The number of hydrogen-bond donors (Lipinski definition) is 2. The number of aromatic amines is 1. The lowest BCUT2D eigenvalue weighted by Crippen LogP contribution is -2.44. The number of carbonyl (C=O) groups is 1. The second-order valence-electron chi connectivity index (χ2n) is 5.82. The van der Waals surface area contributed by atoms with Gasteiger partial charge in [-0.3, -0.25) is 0 Å². The lowest BCUT2D eigenvalue weighted by molar-refractivity contribution is 0.0210. The van der Waals surface area contributed by atoms with Gasteiger partial charge in [0.25, 0.3) is 0 Å². The fourth-order valence-corrected chi connectivity index (χ4v) is 2.07. The number of piperidine rings is 1. The Morgan fingerprint density at radius 3 is 2.68 bits per heavy atom. The van der Waals surface area contributed by atoms with Crippen LogP contribution in [0.1, 0.15) is 33.6 Å². The van der Waals surface area contributed by atoms with Crippen LogP contribution in [-0.4, -0.2) is 45.7 Å². The van der Waals surface area contributed by atoms with Gasteiger partial charge in [-0.15, -0.1) is 0 Å². The predicted molar refractivity (Wildman–Crippen MR) is 73.0 cm³/mol. The van der Waals surface area contributed by atoms with E-state index >= 15 is 0 Å². The molecule has 1 amide bonds. The Hall–Kier alpha value is -1.72. The maximum Gasteiger partial charge on any atom is 0.410 e. The zero-order valence-corrected chi connectivity index (χ0v) is 11.8. The van der Waals surface area contributed by atoms with Crippen molar-refractivity contribution in [3.05, 3.63) is 12.4 Å². The first-order valence-electron chi connectivity index (χ1n) is 6.68. The van der Waals surface area contributed by atoms with Crippen LogP contribution < -0.4 is 5.32 Å². The maximum absolute atomic E-state index is 11.9. The molecule has 1 fully saturated rings. The van der Waals surface area contributed by atoms with Crippen LogP contribution in [0.15, 0.2) is 12.4 Å². The van der Waals surface area contributed by atoms with Gasteiger partial charge in [-0.2, -0.15) is 0 Å². The number of amides is 1. The van der Waals surface area contributed by atoms with E-state index in [2.05, 4.69) is 15.3 Å². The molecule has 1 aliphatic heterocycles. The van der Waals surface area contributed by atoms with Crippen molar-refractivity contribution >= 4 is 12.0 Å². The Bertz CT molecular complexity index is 403. The fourth-order valence-electron chi connectivity index (χ4n) is 2.07. The summed E-state index contributed by atoms with van der Waals surface area (Å²) in [5.41, 5.74) is -0.430. The highest BCUT2D eigenvalue weighted by Gasteiger charge is 2.26. The van der Waals surface area contributed by atoms with Gasteiger partial charge in [0.2, 0.25) is 0 Å². The Balaban J connectivity index is 1.77. The van der Waals surface area contributed by atoms with Crippen molar-refractivity contribution < 1.29 is 9.53 Å². The number of ether oxygens (including phenoxy) is 1. The lowest BCUT2D eigenvalue weighted by Gasteiger charge is -2.33. The van der Waals surface area contributed by atoms with Crippen LogP contribution in [0.25, 0.3) is 0 Å². The van der Waals surface area contributed by atoms with Gasteiger partial charge in [0.05, 0.1) is 0 Å². The summed E-state index contributed by atoms with van der Waals surface area (Å²) in [6.45, 7) is 7.09. The molecule has 0 bridgehead atoms. The largest absolute Gasteiger partial charge is 0.444 e. The molecule has 1 aromatic rings. The van der Waals surface area contributed by atoms with Crippen molar-refractivity contribution in [1.29, 1.82) is 0 Å². The molecule has 0 aliphatic carbocycles. The molecule has 1 aliphatic rings. The molecule has 0 spiro atoms. The highest BCUT2D eigenvalue weighted by Crippen LogP contribution is 2.17. The normalized spacial score (nSPS) is 17.3. The monoisotopic (exact) mass is 266 g/mol. The number of likely N-dealkylation sites (tertiary alicyclic amines) is 1. The van der Waals surface area contributed by atoms with Crippen LogP contribution in [0, 0.1) is 0 Å². The zero-order valence-electron chi connectivity index (χ0n) is 11.8. The van der Waals surface area contributed by atoms with Gasteiger partial charge in [-0.05, 0) is 33.6 Å². The van der Waals surface area contributed by atoms with Crippen LogP contribution in [0.5, 0.6) is 0 Å². The third-order valence-electron chi connectivity index (χ3n) is 2.99. The zero-order chi connectivity index (χ0) is 13.9. The lowest BCUT2D eigenvalue weighted by atomic mass is 10.1. The molecule has 2 N–H and O–H groups in total. The third kappa shape index (κ3) is 4.15. The van der Waals surface area contributed by atoms with Gasteiger partial charge in [0.1, 0.15) is 5.60 Å². The van der Waals surface area contributed by atoms with E-state index in [0.29, 0.717) is 19.1 Å². The molecule has 0 atom stereocenters. The number of aromatic nitrogens is 2. The summed E-state index contributed by atoms with van der Waals surface area (Å²) < 4.78 is 5.37. The van der Waals surface area contributed by atoms with E-state index in [1.54, 1.807) is 17.3 Å². The minimum Gasteiger partial charge on any atom is -0.444 e. The molecule has 0 radical (unpaired) electrons. The number of nitrogens with zero attached hydrogens (tertiary/aromatic N) is 2. The molecule has 19 heavy (non-hydrogen) atoms. The van der Waals surface area contributed by atoms with Crippen LogP contribution in [0.4, 0.5) is 10.7 Å². The number of carbonyl (C=O) groups excluding carboxylic acids is 1. The molecule has 6 heteroatoms. The highest BCUT2D eigenvalue weighted by atomic mass is 16.6. The van der Waals surface area contributed by atoms with Gasteiger partial charge < -0.3 is 19.9 Å². The molecule has 2 heterocycles. The molecule has 106 valence electrons. The molecule has 2 rings (SSSR count). The van der Waals surface area contributed by atoms with Gasteiger partial charge in [-0.1, -0.05) is 0 Å². The average Bonchev–Trinajstić information content (AvgIpc) is 2.80. The molecule has 0 unspecified atom stereocenters. The van der Waals surface area contributed by atoms with Crippen LogP contribution in [0.2, 0.25) is 0 Å². The molecule has 6 nitrogen and oxygen atoms in total. The van der Waals surface area contributed by atoms with E-state index in [-0.39, 0.29) is 6.09 Å². The topological polar surface area (TPSA) is 70.2 Å². The van der Waals surface area contributed by atoms with Crippen LogP contribution in [-0.2, 0) is 4.74 Å². The minimum atomic E-state index is -0.430. The quantitative estimate of drug-likeness (QED) is 0.861. The van der Waals surface area contributed by atoms with E-state index in [9.17, 15) is 4.79 Å². The summed E-state index contributed by atoms with van der Waals surface area (Å²) in [5.74, 6) is 0.788. The average molecular weight is 266 g/mol. The van der Waals surface area contributed by atoms with Crippen molar-refractivity contribution in [3.63, 3.8) is 0 Å². The predicted octanol–water partition coefficient (Wildman–Crippen LogP) is 2.22. The summed E-state index contributed by atoms with van der Waals surface area (Å²) in [6.07, 6.45) is 5.10. The summed E-state index contributed by atoms with van der Waals surface area (Å²) >= 11 is 0. The SMILES string of the molecule is CC(C)(C)OC(=O)N1CCC(Nc2ncc[nH]2)CC1. The molecule has 0 saturated carbocycles. The fraction of sp³-hybridized carbons (Fsp3) is 0.692. The minimum absolute atomic E-state index is 0.219. The summed E-state index contributed by atoms with van der Waals surface area (Å²) in [5, 5.41) is 3.32. The number of anilines is 1. The van der Waals surface area contributed by atoms with E-state index in [1.165, 1.54) is 0 Å². The molecule has 1 saturated heterocycles. The van der Waals surface area contributed by atoms with Crippen molar-refractivity contribution in [2.45, 2.75) is 45.3 Å². The number of rotatable bonds is 2. The highest BCUT2D eigenvalue weighted by molar-refractivity contribution is 5.68. The van der Waals surface area contributed by atoms with Crippen molar-refractivity contribution in [2.24, 2.45) is 0 Å². The maximum atomic E-state index is 11.9. The number of imidazole rings is 1. The number of hydrogen-bond acceptors (Lipinski definition) is 4. The first-order valence-corrected chi connectivity index (χ1v) is 6.68. The molecule has 1 aromatic heterocycles. The van der Waals surface area contributed by atoms with Crippen LogP contribution >= 0.6 is 0 Å². The standard InChI is InChI=1S/C13H22N4O2/c1-13(2,3)19-12(18)17-8-4-10(5-9-17)16-11-14-6-7-15-11/h6-7,10H,4-5,8-9H2,1-3H3,(H2,14,15,16). The van der Waals surface area contributed by atoms with E-state index in [4.69, 9.17) is 4.74 Å². The Morgan fingerprint density at radius 1 is 1.47 bits per heavy atom. The molecular weight excluding hydrogens is 244 g/mol. The Morgan fingerprint density at radius 2 is 2.16 bits per heavy atom. The smallest absolute Gasteiger partial charge is 0.410 e. The summed E-state index contributed by atoms with van der Waals surface area (Å²) in [6, 6.07) is 0.352. The van der Waals surface area contributed by atoms with Crippen LogP contribution in [0.3, 0.4) is 0 Å². The Kier molecular flexibility index (Phi) is 3.97. The number of nitrogens with one attached hydrogen (secondary N) is 2. The second-order valence-corrected chi connectivity index (χ2v) is 5.82. The van der Waals surface area contributed by atoms with Gasteiger partial charge in [0, 0.05) is 31.5 Å². The summed E-state index contributed by atoms with van der Waals surface area (Å²) in [4.78, 5) is 20.8. The Labute approximate surface area is 113 Å². The molecular formula is C13H22N4O2. The van der Waals surface area contributed by atoms with Crippen molar-refractivity contribution in [1.82, 2.24) is 14.9 Å². The van der Waals surface area contributed by atoms with Gasteiger partial charge in [-0.25, -0.2) is 9.78 Å². The first-order chi connectivity index (χ1) is 8.94. The van der Waals surface area contributed by atoms with E-state index < -0.39 is 5.60 Å². The van der Waals surface area contributed by atoms with Crippen molar-refractivity contribution in [3.8, 4) is 0 Å². The van der Waals surface area contributed by atoms with E-state index in [0.717, 1.165) is 18.8 Å². The van der Waals surface area contributed by atoms with Gasteiger partial charge in [0.15, 0.2) is 5.95 Å². The van der Waals surface area contributed by atoms with Gasteiger partial charge >= 0.3 is 6.09 Å². The first kappa shape index (κ1) is 13.7. The third-order valence-corrected chi connectivity index (χ3v) is 2.99. The molecule has 0 aromatic carbocycles. The summed E-state index contributed by atoms with van der Waals surface area (Å²) in [7, 11) is 0. The van der Waals surface area contributed by atoms with E-state index in [1.807, 2.05) is 20.8 Å². The second kappa shape index (κ2) is 5.50. The number of H-pyrrole nitrogens is 1.